The zero-order valence-corrected chi connectivity index (χ0v) is 20.1. The fraction of sp³-hybridized carbons (Fsp3) is 0.333. The van der Waals surface area contributed by atoms with Gasteiger partial charge in [-0.2, -0.15) is 0 Å². The van der Waals surface area contributed by atoms with E-state index >= 15 is 0 Å². The Labute approximate surface area is 207 Å². The maximum Gasteiger partial charge on any atom is 0.256 e. The van der Waals surface area contributed by atoms with Crippen LogP contribution >= 0.6 is 11.3 Å². The summed E-state index contributed by atoms with van der Waals surface area (Å²) in [7, 11) is 0. The highest BCUT2D eigenvalue weighted by atomic mass is 32.1. The van der Waals surface area contributed by atoms with Gasteiger partial charge in [0, 0.05) is 50.6 Å². The molecule has 1 aromatic heterocycles. The van der Waals surface area contributed by atoms with Crippen molar-refractivity contribution in [2.24, 2.45) is 0 Å². The average molecular weight is 496 g/mol. The molecule has 1 fully saturated rings. The van der Waals surface area contributed by atoms with Crippen molar-refractivity contribution in [3.05, 3.63) is 93.2 Å². The fourth-order valence-electron chi connectivity index (χ4n) is 5.04. The van der Waals surface area contributed by atoms with E-state index < -0.39 is 5.82 Å². The highest BCUT2D eigenvalue weighted by Crippen LogP contribution is 2.38. The number of piperazine rings is 1. The van der Waals surface area contributed by atoms with Gasteiger partial charge < -0.3 is 9.80 Å². The summed E-state index contributed by atoms with van der Waals surface area (Å²) in [6.45, 7) is 3.01. The Morgan fingerprint density at radius 2 is 1.69 bits per heavy atom. The number of carbonyl (C=O) groups excluding carboxylic acids is 2. The molecule has 0 saturated carbocycles. The molecule has 2 aliphatic rings. The number of thiophene rings is 1. The molecule has 2 aromatic carbocycles. The van der Waals surface area contributed by atoms with Crippen LogP contribution in [0.4, 0.5) is 8.78 Å². The average Bonchev–Trinajstić information content (AvgIpc) is 3.36. The zero-order valence-electron chi connectivity index (χ0n) is 19.3. The van der Waals surface area contributed by atoms with Gasteiger partial charge in [-0.05, 0) is 53.3 Å². The van der Waals surface area contributed by atoms with Gasteiger partial charge in [-0.25, -0.2) is 8.78 Å². The van der Waals surface area contributed by atoms with Crippen molar-refractivity contribution in [1.82, 2.24) is 14.7 Å². The highest BCUT2D eigenvalue weighted by molar-refractivity contribution is 7.10. The molecule has 5 nitrogen and oxygen atoms in total. The lowest BCUT2D eigenvalue weighted by atomic mass is 9.93. The van der Waals surface area contributed by atoms with Gasteiger partial charge in [-0.15, -0.1) is 11.3 Å². The summed E-state index contributed by atoms with van der Waals surface area (Å²) in [4.78, 5) is 32.6. The summed E-state index contributed by atoms with van der Waals surface area (Å²) in [5, 5.41) is 2.08. The maximum atomic E-state index is 14.0. The molecule has 1 saturated heterocycles. The van der Waals surface area contributed by atoms with Crippen LogP contribution in [0.3, 0.4) is 0 Å². The Hall–Kier alpha value is -3.10. The molecule has 0 spiro atoms. The van der Waals surface area contributed by atoms with E-state index in [1.165, 1.54) is 28.6 Å². The lowest BCUT2D eigenvalue weighted by Crippen LogP contribution is -2.51. The molecule has 8 heteroatoms. The van der Waals surface area contributed by atoms with Crippen LogP contribution < -0.4 is 0 Å². The number of rotatable bonds is 5. The molecule has 2 aliphatic heterocycles. The molecule has 0 N–H and O–H groups in total. The lowest BCUT2D eigenvalue weighted by Gasteiger charge is -2.38. The molecular weight excluding hydrogens is 468 g/mol. The van der Waals surface area contributed by atoms with E-state index in [1.54, 1.807) is 45.4 Å². The molecule has 2 amide bonds. The van der Waals surface area contributed by atoms with Gasteiger partial charge in [-0.3, -0.25) is 14.5 Å². The number of hydrogen-bond acceptors (Lipinski definition) is 4. The fourth-order valence-corrected chi connectivity index (χ4v) is 5.94. The van der Waals surface area contributed by atoms with Crippen LogP contribution in [0.1, 0.15) is 38.8 Å². The van der Waals surface area contributed by atoms with E-state index in [0.717, 1.165) is 18.5 Å². The highest BCUT2D eigenvalue weighted by Gasteiger charge is 2.31. The van der Waals surface area contributed by atoms with Crippen molar-refractivity contribution in [3.8, 4) is 0 Å². The monoisotopic (exact) mass is 495 g/mol. The van der Waals surface area contributed by atoms with Gasteiger partial charge in [-0.1, -0.05) is 24.3 Å². The van der Waals surface area contributed by atoms with E-state index in [2.05, 4.69) is 16.3 Å². The first-order valence-electron chi connectivity index (χ1n) is 11.9. The third-order valence-corrected chi connectivity index (χ3v) is 7.86. The van der Waals surface area contributed by atoms with Crippen LogP contribution in [0.5, 0.6) is 0 Å². The van der Waals surface area contributed by atoms with Crippen molar-refractivity contribution < 1.29 is 18.4 Å². The number of amides is 2. The molecule has 0 bridgehead atoms. The molecule has 1 unspecified atom stereocenters. The summed E-state index contributed by atoms with van der Waals surface area (Å²) in [6, 6.07) is 14.7. The lowest BCUT2D eigenvalue weighted by molar-refractivity contribution is -0.133. The number of nitrogens with zero attached hydrogens (tertiary/aromatic N) is 3. The summed E-state index contributed by atoms with van der Waals surface area (Å²) < 4.78 is 28.0. The number of hydrogen-bond donors (Lipinski definition) is 0. The zero-order chi connectivity index (χ0) is 24.4. The minimum absolute atomic E-state index is 0.0390. The minimum Gasteiger partial charge on any atom is -0.339 e. The maximum absolute atomic E-state index is 14.0. The van der Waals surface area contributed by atoms with E-state index in [4.69, 9.17) is 0 Å². The SMILES string of the molecule is O=C(CCN1CCc2sccc2C1c1cccc(F)c1)N1CCN(C(=O)c2ccccc2F)CC1. The largest absolute Gasteiger partial charge is 0.339 e. The van der Waals surface area contributed by atoms with Gasteiger partial charge in [0.1, 0.15) is 11.6 Å². The summed E-state index contributed by atoms with van der Waals surface area (Å²) in [5.74, 6) is -1.09. The molecule has 182 valence electrons. The molecule has 35 heavy (non-hydrogen) atoms. The van der Waals surface area contributed by atoms with Crippen molar-refractivity contribution >= 4 is 23.2 Å². The second-order valence-corrected chi connectivity index (χ2v) is 9.95. The van der Waals surface area contributed by atoms with Gasteiger partial charge in [0.25, 0.3) is 5.91 Å². The van der Waals surface area contributed by atoms with E-state index in [1.807, 2.05) is 6.07 Å². The Balaban J connectivity index is 1.20. The standard InChI is InChI=1S/C27H27F2N3O2S/c28-20-5-3-4-19(18-20)26-22-10-17-35-24(22)8-11-31(26)12-9-25(33)30-13-15-32(16-14-30)27(34)21-6-1-2-7-23(21)29/h1-7,10,17-18,26H,8-9,11-16H2. The topological polar surface area (TPSA) is 43.9 Å². The quantitative estimate of drug-likeness (QED) is 0.529. The Bertz CT molecular complexity index is 1220. The smallest absolute Gasteiger partial charge is 0.256 e. The van der Waals surface area contributed by atoms with Crippen LogP contribution in [0.15, 0.2) is 60.0 Å². The van der Waals surface area contributed by atoms with Crippen molar-refractivity contribution in [2.75, 3.05) is 39.3 Å². The second-order valence-electron chi connectivity index (χ2n) is 8.95. The Kier molecular flexibility index (Phi) is 6.92. The first-order chi connectivity index (χ1) is 17.0. The number of fused-ring (bicyclic) bond motifs is 1. The minimum atomic E-state index is -0.529. The van der Waals surface area contributed by atoms with Crippen LogP contribution in [0.2, 0.25) is 0 Å². The molecule has 0 aliphatic carbocycles. The predicted octanol–water partition coefficient (Wildman–Crippen LogP) is 4.35. The third-order valence-electron chi connectivity index (χ3n) is 6.87. The third kappa shape index (κ3) is 4.99. The predicted molar refractivity (Wildman–Crippen MR) is 131 cm³/mol. The molecule has 1 atom stereocenters. The van der Waals surface area contributed by atoms with Gasteiger partial charge in [0.2, 0.25) is 5.91 Å². The van der Waals surface area contributed by atoms with Gasteiger partial charge in [0.15, 0.2) is 0 Å². The van der Waals surface area contributed by atoms with Crippen molar-refractivity contribution in [3.63, 3.8) is 0 Å². The van der Waals surface area contributed by atoms with Crippen molar-refractivity contribution in [1.29, 1.82) is 0 Å². The molecule has 3 heterocycles. The second kappa shape index (κ2) is 10.3. The summed E-state index contributed by atoms with van der Waals surface area (Å²) >= 11 is 1.73. The van der Waals surface area contributed by atoms with Gasteiger partial charge in [0.05, 0.1) is 11.6 Å². The van der Waals surface area contributed by atoms with Crippen LogP contribution in [-0.4, -0.2) is 65.8 Å². The Morgan fingerprint density at radius 1 is 0.914 bits per heavy atom. The number of carbonyl (C=O) groups is 2. The Morgan fingerprint density at radius 3 is 2.46 bits per heavy atom. The van der Waals surface area contributed by atoms with Crippen LogP contribution in [0.25, 0.3) is 0 Å². The van der Waals surface area contributed by atoms with Crippen LogP contribution in [-0.2, 0) is 11.2 Å². The number of halogens is 2. The molecule has 3 aromatic rings. The number of benzene rings is 2. The summed E-state index contributed by atoms with van der Waals surface area (Å²) in [5.41, 5.74) is 2.16. The first-order valence-corrected chi connectivity index (χ1v) is 12.8. The molecule has 0 radical (unpaired) electrons. The van der Waals surface area contributed by atoms with Gasteiger partial charge >= 0.3 is 0 Å². The summed E-state index contributed by atoms with van der Waals surface area (Å²) in [6.07, 6.45) is 1.27. The van der Waals surface area contributed by atoms with E-state index in [0.29, 0.717) is 39.1 Å². The normalized spacial score (nSPS) is 18.4. The molecule has 5 rings (SSSR count). The van der Waals surface area contributed by atoms with E-state index in [9.17, 15) is 18.4 Å². The molecular formula is C27H27F2N3O2S. The first kappa shape index (κ1) is 23.6. The van der Waals surface area contributed by atoms with E-state index in [-0.39, 0.29) is 29.2 Å². The van der Waals surface area contributed by atoms with Crippen LogP contribution in [0, 0.1) is 11.6 Å². The van der Waals surface area contributed by atoms with Crippen molar-refractivity contribution in [2.45, 2.75) is 18.9 Å².